The largest absolute Gasteiger partial charge is 0.326 e. The summed E-state index contributed by atoms with van der Waals surface area (Å²) in [5.74, 6) is 0. The van der Waals surface area contributed by atoms with Crippen LogP contribution in [-0.2, 0) is 5.16 Å². The zero-order chi connectivity index (χ0) is 33.0. The molecule has 236 valence electrons. The van der Waals surface area contributed by atoms with E-state index in [0.717, 1.165) is 17.7 Å². The molecule has 1 unspecified atom stereocenters. The SMILES string of the molecule is CCC[SiH](C1=CCC(=S)C=C1)C(c1ccccc1)(c1ccccc1)n1ccnc1.c1ccc(B(c2ccccc2)c2ccccc2)cc1. The Bertz CT molecular complexity index is 1780. The van der Waals surface area contributed by atoms with Crippen LogP contribution in [0.5, 0.6) is 0 Å². The van der Waals surface area contributed by atoms with Gasteiger partial charge in [-0.3, -0.25) is 0 Å². The van der Waals surface area contributed by atoms with Gasteiger partial charge in [0.2, 0.25) is 6.71 Å². The predicted octanol–water partition coefficient (Wildman–Crippen LogP) is 7.85. The lowest BCUT2D eigenvalue weighted by molar-refractivity contribution is 0.580. The van der Waals surface area contributed by atoms with Crippen LogP contribution >= 0.6 is 12.2 Å². The van der Waals surface area contributed by atoms with Crippen LogP contribution in [0, 0.1) is 0 Å². The summed E-state index contributed by atoms with van der Waals surface area (Å²) in [6.45, 7) is 2.61. The number of rotatable bonds is 10. The van der Waals surface area contributed by atoms with Crippen molar-refractivity contribution in [2.45, 2.75) is 31.0 Å². The molecule has 1 aliphatic carbocycles. The molecule has 0 fully saturated rings. The first-order chi connectivity index (χ1) is 23.7. The molecule has 0 radical (unpaired) electrons. The van der Waals surface area contributed by atoms with Crippen LogP contribution in [0.25, 0.3) is 0 Å². The van der Waals surface area contributed by atoms with Crippen LogP contribution in [0.15, 0.2) is 194 Å². The predicted molar refractivity (Wildman–Crippen MR) is 212 cm³/mol. The first-order valence-corrected chi connectivity index (χ1v) is 19.2. The van der Waals surface area contributed by atoms with Gasteiger partial charge in [0.1, 0.15) is 8.80 Å². The van der Waals surface area contributed by atoms with Crippen molar-refractivity contribution in [3.63, 3.8) is 0 Å². The van der Waals surface area contributed by atoms with Crippen molar-refractivity contribution in [2.75, 3.05) is 0 Å². The molecule has 0 aliphatic heterocycles. The molecule has 0 saturated carbocycles. The fourth-order valence-electron chi connectivity index (χ4n) is 7.12. The molecule has 7 rings (SSSR count). The van der Waals surface area contributed by atoms with Gasteiger partial charge >= 0.3 is 0 Å². The minimum Gasteiger partial charge on any atom is -0.326 e. The van der Waals surface area contributed by atoms with Gasteiger partial charge in [0.15, 0.2) is 0 Å². The highest BCUT2D eigenvalue weighted by Crippen LogP contribution is 2.41. The summed E-state index contributed by atoms with van der Waals surface area (Å²) >= 11 is 5.44. The van der Waals surface area contributed by atoms with Gasteiger partial charge in [0, 0.05) is 23.7 Å². The second kappa shape index (κ2) is 16.3. The Balaban J connectivity index is 0.000000182. The Hall–Kier alpha value is -4.84. The summed E-state index contributed by atoms with van der Waals surface area (Å²) in [4.78, 5) is 5.48. The normalized spacial score (nSPS) is 13.2. The minimum atomic E-state index is -1.60. The first-order valence-electron chi connectivity index (χ1n) is 16.9. The van der Waals surface area contributed by atoms with Crippen molar-refractivity contribution >= 4 is 49.0 Å². The molecule has 2 nitrogen and oxygen atoms in total. The van der Waals surface area contributed by atoms with Crippen LogP contribution in [-0.4, -0.2) is 29.9 Å². The van der Waals surface area contributed by atoms with Crippen molar-refractivity contribution in [1.82, 2.24) is 9.55 Å². The van der Waals surface area contributed by atoms with Crippen molar-refractivity contribution < 1.29 is 0 Å². The molecule has 0 bridgehead atoms. The van der Waals surface area contributed by atoms with E-state index in [4.69, 9.17) is 12.2 Å². The summed E-state index contributed by atoms with van der Waals surface area (Å²) < 4.78 is 2.35. The molecule has 0 amide bonds. The third-order valence-corrected chi connectivity index (χ3v) is 13.9. The number of nitrogens with zero attached hydrogens (tertiary/aromatic N) is 2. The summed E-state index contributed by atoms with van der Waals surface area (Å²) in [7, 11) is -1.60. The molecule has 1 atom stereocenters. The van der Waals surface area contributed by atoms with E-state index in [1.807, 2.05) is 12.5 Å². The Kier molecular flexibility index (Phi) is 11.2. The van der Waals surface area contributed by atoms with Crippen LogP contribution in [0.4, 0.5) is 0 Å². The highest BCUT2D eigenvalue weighted by atomic mass is 32.1. The summed E-state index contributed by atoms with van der Waals surface area (Å²) in [6, 6.07) is 55.2. The lowest BCUT2D eigenvalue weighted by atomic mass is 9.37. The van der Waals surface area contributed by atoms with Gasteiger partial charge in [-0.15, -0.1) is 0 Å². The Morgan fingerprint density at radius 2 is 1.12 bits per heavy atom. The van der Waals surface area contributed by atoms with E-state index in [0.29, 0.717) is 6.71 Å². The summed E-state index contributed by atoms with van der Waals surface area (Å²) in [5, 5.41) is 1.24. The molecular formula is C43H41BN2SSi. The lowest BCUT2D eigenvalue weighted by Crippen LogP contribution is -2.51. The van der Waals surface area contributed by atoms with Crippen molar-refractivity contribution in [3.8, 4) is 0 Å². The molecule has 0 spiro atoms. The highest BCUT2D eigenvalue weighted by molar-refractivity contribution is 7.80. The van der Waals surface area contributed by atoms with E-state index < -0.39 is 8.80 Å². The molecule has 5 aromatic carbocycles. The number of hydrogen-bond acceptors (Lipinski definition) is 2. The van der Waals surface area contributed by atoms with Gasteiger partial charge in [-0.2, -0.15) is 0 Å². The zero-order valence-corrected chi connectivity index (χ0v) is 29.4. The average molecular weight is 657 g/mol. The second-order valence-corrected chi connectivity index (χ2v) is 15.9. The Morgan fingerprint density at radius 3 is 1.50 bits per heavy atom. The van der Waals surface area contributed by atoms with E-state index in [2.05, 4.69) is 193 Å². The van der Waals surface area contributed by atoms with Gasteiger partial charge < -0.3 is 4.57 Å². The smallest absolute Gasteiger partial charge is 0.241 e. The fourth-order valence-corrected chi connectivity index (χ4v) is 11.5. The fraction of sp³-hybridized carbons (Fsp3) is 0.116. The molecule has 0 N–H and O–H groups in total. The standard InChI is InChI=1S/C25H26N2SSi.C18H15B/c1-2-19-29(24-15-13-23(28)14-16-24)25(27-18-17-26-20-27,21-9-5-3-6-10-21)22-11-7-4-8-12-22;1-4-10-16(11-5-1)19(17-12-6-2-7-13-17)18-14-8-3-9-15-18/h3-13,15-18,20,29H,2,14,19H2,1H3;1-15H. The Labute approximate surface area is 293 Å². The molecule has 6 aromatic rings. The average Bonchev–Trinajstić information content (AvgIpc) is 3.70. The van der Waals surface area contributed by atoms with E-state index in [1.54, 1.807) is 0 Å². The molecule has 48 heavy (non-hydrogen) atoms. The topological polar surface area (TPSA) is 17.8 Å². The second-order valence-electron chi connectivity index (χ2n) is 12.2. The van der Waals surface area contributed by atoms with Crippen molar-refractivity contribution in [2.24, 2.45) is 0 Å². The monoisotopic (exact) mass is 656 g/mol. The number of imidazole rings is 1. The van der Waals surface area contributed by atoms with Gasteiger partial charge in [-0.25, -0.2) is 4.98 Å². The zero-order valence-electron chi connectivity index (χ0n) is 27.5. The lowest BCUT2D eigenvalue weighted by Gasteiger charge is -2.43. The van der Waals surface area contributed by atoms with Gasteiger partial charge in [0.25, 0.3) is 0 Å². The van der Waals surface area contributed by atoms with Crippen molar-refractivity contribution in [3.05, 3.63) is 205 Å². The third kappa shape index (κ3) is 7.33. The summed E-state index contributed by atoms with van der Waals surface area (Å²) in [5.41, 5.74) is 6.66. The van der Waals surface area contributed by atoms with Crippen LogP contribution < -0.4 is 16.4 Å². The highest BCUT2D eigenvalue weighted by Gasteiger charge is 2.45. The molecule has 1 aliphatic rings. The maximum Gasteiger partial charge on any atom is 0.241 e. The molecule has 5 heteroatoms. The van der Waals surface area contributed by atoms with E-state index in [1.165, 1.54) is 38.8 Å². The molecule has 1 heterocycles. The first kappa shape index (κ1) is 33.1. The van der Waals surface area contributed by atoms with Crippen LogP contribution in [0.2, 0.25) is 6.04 Å². The van der Waals surface area contributed by atoms with Gasteiger partial charge in [0.05, 0.1) is 11.5 Å². The van der Waals surface area contributed by atoms with Gasteiger partial charge in [-0.05, 0) is 17.2 Å². The molecule has 1 aromatic heterocycles. The quantitative estimate of drug-likeness (QED) is 0.110. The molecular weight excluding hydrogens is 615 g/mol. The summed E-state index contributed by atoms with van der Waals surface area (Å²) in [6.07, 6.45) is 14.9. The minimum absolute atomic E-state index is 0.246. The number of allylic oxidation sites excluding steroid dienone is 4. The number of aromatic nitrogens is 2. The number of hydrogen-bond donors (Lipinski definition) is 0. The number of thiocarbonyl (C=S) groups is 1. The maximum atomic E-state index is 5.44. The number of benzene rings is 5. The van der Waals surface area contributed by atoms with Crippen LogP contribution in [0.1, 0.15) is 30.9 Å². The third-order valence-electron chi connectivity index (χ3n) is 9.22. The van der Waals surface area contributed by atoms with E-state index in [-0.39, 0.29) is 5.16 Å². The van der Waals surface area contributed by atoms with E-state index >= 15 is 0 Å². The maximum absolute atomic E-state index is 5.44. The van der Waals surface area contributed by atoms with Crippen molar-refractivity contribution in [1.29, 1.82) is 0 Å². The van der Waals surface area contributed by atoms with Gasteiger partial charge in [-0.1, -0.05) is 217 Å². The molecule has 0 saturated heterocycles. The van der Waals surface area contributed by atoms with Crippen LogP contribution in [0.3, 0.4) is 0 Å². The van der Waals surface area contributed by atoms with E-state index in [9.17, 15) is 0 Å². The Morgan fingerprint density at radius 1 is 0.667 bits per heavy atom.